The highest BCUT2D eigenvalue weighted by atomic mass is 14.9. The highest BCUT2D eigenvalue weighted by Crippen LogP contribution is 2.38. The highest BCUT2D eigenvalue weighted by molar-refractivity contribution is 6.03. The number of rotatable bonds is 10. The minimum atomic E-state index is 0.200. The summed E-state index contributed by atoms with van der Waals surface area (Å²) in [4.78, 5) is 0. The molecule has 2 aliphatic rings. The summed E-state index contributed by atoms with van der Waals surface area (Å²) in [7, 11) is 0. The number of nitrogens with one attached hydrogen (secondary N) is 2. The number of para-hydroxylation sites is 1. The summed E-state index contributed by atoms with van der Waals surface area (Å²) in [5, 5.41) is 9.54. The van der Waals surface area contributed by atoms with Gasteiger partial charge < -0.3 is 10.6 Å². The average molecular weight is 611 g/mol. The second kappa shape index (κ2) is 14.7. The average Bonchev–Trinajstić information content (AvgIpc) is 3.12. The smallest absolute Gasteiger partial charge is 0.0698 e. The number of dihydropyridines is 1. The molecule has 2 nitrogen and oxygen atoms in total. The first-order valence-electron chi connectivity index (χ1n) is 16.4. The van der Waals surface area contributed by atoms with Crippen molar-refractivity contribution in [3.05, 3.63) is 192 Å². The van der Waals surface area contributed by atoms with Crippen molar-refractivity contribution >= 4 is 44.9 Å². The van der Waals surface area contributed by atoms with Gasteiger partial charge in [-0.2, -0.15) is 0 Å². The van der Waals surface area contributed by atoms with Crippen LogP contribution in [-0.2, 0) is 6.42 Å². The maximum Gasteiger partial charge on any atom is 0.0698 e. The molecule has 0 saturated heterocycles. The summed E-state index contributed by atoms with van der Waals surface area (Å²) in [6, 6.07) is 26.1. The van der Waals surface area contributed by atoms with E-state index in [2.05, 4.69) is 152 Å². The van der Waals surface area contributed by atoms with Gasteiger partial charge in [-0.05, 0) is 107 Å². The first-order chi connectivity index (χ1) is 23.1. The monoisotopic (exact) mass is 610 g/mol. The van der Waals surface area contributed by atoms with Crippen molar-refractivity contribution in [2.24, 2.45) is 0 Å². The van der Waals surface area contributed by atoms with E-state index in [9.17, 15) is 0 Å². The third-order valence-corrected chi connectivity index (χ3v) is 8.83. The van der Waals surface area contributed by atoms with Crippen LogP contribution in [0.3, 0.4) is 0 Å². The Balaban J connectivity index is 1.37. The normalized spacial score (nSPS) is 16.1. The Kier molecular flexibility index (Phi) is 9.79. The SMILES string of the molecule is C=C/C=C(\C=C/C)c1ccc2c(Nc3ccccc3)c(C(=C)/C=C\C(=C/C)c3ccc(C4C=CC=CN4)c4c3C=CCC4)ccc2c1. The molecule has 6 rings (SSSR count). The number of benzene rings is 4. The van der Waals surface area contributed by atoms with E-state index < -0.39 is 0 Å². The van der Waals surface area contributed by atoms with E-state index in [-0.39, 0.29) is 6.04 Å². The van der Waals surface area contributed by atoms with E-state index in [0.29, 0.717) is 0 Å². The fourth-order valence-corrected chi connectivity index (χ4v) is 6.52. The van der Waals surface area contributed by atoms with Crippen molar-refractivity contribution in [3.63, 3.8) is 0 Å². The van der Waals surface area contributed by atoms with Crippen LogP contribution >= 0.6 is 0 Å². The summed E-state index contributed by atoms with van der Waals surface area (Å²) in [5.41, 5.74) is 12.9. The Morgan fingerprint density at radius 1 is 0.894 bits per heavy atom. The summed E-state index contributed by atoms with van der Waals surface area (Å²) >= 11 is 0. The maximum absolute atomic E-state index is 4.57. The molecule has 1 atom stereocenters. The molecule has 0 radical (unpaired) electrons. The number of hydrogen-bond acceptors (Lipinski definition) is 2. The zero-order chi connectivity index (χ0) is 32.6. The van der Waals surface area contributed by atoms with Gasteiger partial charge in [-0.3, -0.25) is 0 Å². The Hall–Kier alpha value is -5.60. The zero-order valence-electron chi connectivity index (χ0n) is 27.3. The second-order valence-electron chi connectivity index (χ2n) is 11.8. The molecule has 0 saturated carbocycles. The van der Waals surface area contributed by atoms with Crippen molar-refractivity contribution in [1.82, 2.24) is 5.32 Å². The van der Waals surface area contributed by atoms with Crippen LogP contribution in [0, 0.1) is 0 Å². The molecular formula is C45H42N2. The summed E-state index contributed by atoms with van der Waals surface area (Å²) in [5.74, 6) is 0. The van der Waals surface area contributed by atoms with Crippen LogP contribution in [-0.4, -0.2) is 0 Å². The predicted molar refractivity (Wildman–Crippen MR) is 206 cm³/mol. The molecule has 0 bridgehead atoms. The van der Waals surface area contributed by atoms with Crippen molar-refractivity contribution in [3.8, 4) is 0 Å². The molecule has 4 aromatic carbocycles. The van der Waals surface area contributed by atoms with Gasteiger partial charge in [0.05, 0.1) is 11.7 Å². The van der Waals surface area contributed by atoms with Gasteiger partial charge >= 0.3 is 0 Å². The van der Waals surface area contributed by atoms with Gasteiger partial charge in [0, 0.05) is 16.6 Å². The van der Waals surface area contributed by atoms with Gasteiger partial charge in [0.1, 0.15) is 0 Å². The molecule has 1 unspecified atom stereocenters. The van der Waals surface area contributed by atoms with Gasteiger partial charge in [0.2, 0.25) is 0 Å². The molecule has 0 aromatic heterocycles. The summed E-state index contributed by atoms with van der Waals surface area (Å²) < 4.78 is 0. The van der Waals surface area contributed by atoms with Crippen molar-refractivity contribution in [2.75, 3.05) is 5.32 Å². The first kappa shape index (κ1) is 31.4. The Bertz CT molecular complexity index is 2030. The minimum absolute atomic E-state index is 0.200. The van der Waals surface area contributed by atoms with Crippen LogP contribution in [0.1, 0.15) is 59.7 Å². The molecule has 0 fully saturated rings. The molecule has 1 heterocycles. The predicted octanol–water partition coefficient (Wildman–Crippen LogP) is 12.1. The van der Waals surface area contributed by atoms with Crippen LogP contribution in [0.25, 0.3) is 33.6 Å². The molecular weight excluding hydrogens is 569 g/mol. The maximum atomic E-state index is 4.57. The zero-order valence-corrected chi connectivity index (χ0v) is 27.3. The molecule has 1 aliphatic heterocycles. The van der Waals surface area contributed by atoms with E-state index in [4.69, 9.17) is 0 Å². The number of allylic oxidation sites excluding steroid dienone is 13. The lowest BCUT2D eigenvalue weighted by molar-refractivity contribution is 0.731. The van der Waals surface area contributed by atoms with E-state index >= 15 is 0 Å². The van der Waals surface area contributed by atoms with Crippen LogP contribution < -0.4 is 10.6 Å². The Morgan fingerprint density at radius 2 is 1.74 bits per heavy atom. The Labute approximate surface area is 280 Å². The minimum Gasteiger partial charge on any atom is -0.381 e. The fourth-order valence-electron chi connectivity index (χ4n) is 6.52. The second-order valence-corrected chi connectivity index (χ2v) is 11.8. The van der Waals surface area contributed by atoms with Crippen molar-refractivity contribution in [2.45, 2.75) is 32.7 Å². The standard InChI is InChI=1S/C45H42N2/c1-5-15-34(16-6-2)35-24-27-40-36(31-35)25-26-38(45(40)47-37-17-9-8-10-18-37)32(4)22-23-33(7-3)39-28-29-43(44-21-13-14-30-46-44)42-20-12-11-19-41(39)42/h5-11,13-19,21-31,44,46-47H,1,4,12,20H2,2-3H3/b16-6-,23-22-,33-7+,34-15+. The highest BCUT2D eigenvalue weighted by Gasteiger charge is 2.20. The lowest BCUT2D eigenvalue weighted by Crippen LogP contribution is -2.18. The molecule has 1 aliphatic carbocycles. The van der Waals surface area contributed by atoms with Crippen molar-refractivity contribution in [1.29, 1.82) is 0 Å². The van der Waals surface area contributed by atoms with Crippen LogP contribution in [0.2, 0.25) is 0 Å². The molecule has 4 aromatic rings. The van der Waals surface area contributed by atoms with Crippen molar-refractivity contribution < 1.29 is 0 Å². The quantitative estimate of drug-likeness (QED) is 0.175. The number of fused-ring (bicyclic) bond motifs is 2. The lowest BCUT2D eigenvalue weighted by atomic mass is 9.84. The van der Waals surface area contributed by atoms with Gasteiger partial charge in [0.25, 0.3) is 0 Å². The molecule has 0 amide bonds. The van der Waals surface area contributed by atoms with Gasteiger partial charge in [-0.15, -0.1) is 0 Å². The largest absolute Gasteiger partial charge is 0.381 e. The fraction of sp³-hybridized carbons (Fsp3) is 0.111. The van der Waals surface area contributed by atoms with Crippen LogP contribution in [0.5, 0.6) is 0 Å². The Morgan fingerprint density at radius 3 is 2.51 bits per heavy atom. The summed E-state index contributed by atoms with van der Waals surface area (Å²) in [6.07, 6.45) is 29.8. The molecule has 47 heavy (non-hydrogen) atoms. The van der Waals surface area contributed by atoms with Gasteiger partial charge in [-0.1, -0.05) is 135 Å². The van der Waals surface area contributed by atoms with Crippen LogP contribution in [0.15, 0.2) is 159 Å². The molecule has 2 heteroatoms. The first-order valence-corrected chi connectivity index (χ1v) is 16.4. The van der Waals surface area contributed by atoms with Gasteiger partial charge in [-0.25, -0.2) is 0 Å². The van der Waals surface area contributed by atoms with E-state index in [0.717, 1.165) is 57.3 Å². The third kappa shape index (κ3) is 6.83. The molecule has 2 N–H and O–H groups in total. The van der Waals surface area contributed by atoms with E-state index in [1.165, 1.54) is 27.8 Å². The number of hydrogen-bond donors (Lipinski definition) is 2. The van der Waals surface area contributed by atoms with E-state index in [1.54, 1.807) is 0 Å². The molecule has 232 valence electrons. The van der Waals surface area contributed by atoms with E-state index in [1.807, 2.05) is 37.4 Å². The number of anilines is 2. The topological polar surface area (TPSA) is 24.1 Å². The summed E-state index contributed by atoms with van der Waals surface area (Å²) in [6.45, 7) is 12.6. The van der Waals surface area contributed by atoms with Gasteiger partial charge in [0.15, 0.2) is 0 Å². The molecule has 0 spiro atoms. The third-order valence-electron chi connectivity index (χ3n) is 8.83. The lowest BCUT2D eigenvalue weighted by Gasteiger charge is -2.25. The van der Waals surface area contributed by atoms with Crippen LogP contribution in [0.4, 0.5) is 11.4 Å².